The highest BCUT2D eigenvalue weighted by molar-refractivity contribution is 6.05. The van der Waals surface area contributed by atoms with E-state index >= 15 is 0 Å². The van der Waals surface area contributed by atoms with Crippen LogP contribution in [0.5, 0.6) is 46.0 Å². The first-order valence-electron chi connectivity index (χ1n) is 22.5. The molecule has 0 aliphatic carbocycles. The number of aryl methyl sites for hydroxylation is 2. The largest absolute Gasteiger partial charge is 0.496 e. The van der Waals surface area contributed by atoms with E-state index in [1.165, 1.54) is 39.6 Å². The quantitative estimate of drug-likeness (QED) is 0.107. The lowest BCUT2D eigenvalue weighted by molar-refractivity contribution is 0.0987. The van der Waals surface area contributed by atoms with Gasteiger partial charge in [-0.25, -0.2) is 0 Å². The molecule has 4 heterocycles. The maximum Gasteiger partial charge on any atom is 0.291 e. The van der Waals surface area contributed by atoms with E-state index in [2.05, 4.69) is 76.4 Å². The van der Waals surface area contributed by atoms with Crippen LogP contribution in [0.3, 0.4) is 0 Å². The molecule has 68 heavy (non-hydrogen) atoms. The summed E-state index contributed by atoms with van der Waals surface area (Å²) in [6, 6.07) is 22.3. The fourth-order valence-electron chi connectivity index (χ4n) is 8.46. The summed E-state index contributed by atoms with van der Waals surface area (Å²) in [5.74, 6) is 5.67. The number of rotatable bonds is 14. The van der Waals surface area contributed by atoms with Gasteiger partial charge in [0.15, 0.2) is 11.5 Å². The molecule has 0 saturated heterocycles. The van der Waals surface area contributed by atoms with Crippen LogP contribution in [0.4, 0.5) is 11.4 Å². The van der Waals surface area contributed by atoms with Crippen molar-refractivity contribution in [2.45, 2.75) is 78.1 Å². The van der Waals surface area contributed by atoms with Gasteiger partial charge in [0.1, 0.15) is 68.9 Å². The fourth-order valence-corrected chi connectivity index (χ4v) is 8.46. The van der Waals surface area contributed by atoms with Gasteiger partial charge in [0.2, 0.25) is 0 Å². The van der Waals surface area contributed by atoms with E-state index in [4.69, 9.17) is 46.7 Å². The maximum atomic E-state index is 13.0. The molecule has 2 aliphatic rings. The van der Waals surface area contributed by atoms with E-state index in [1.807, 2.05) is 12.1 Å². The lowest BCUT2D eigenvalue weighted by Gasteiger charge is -2.34. The van der Waals surface area contributed by atoms with Crippen LogP contribution in [-0.4, -0.2) is 67.7 Å². The molecule has 0 atom stereocenters. The number of carbonyl (C=O) groups is 2. The lowest BCUT2D eigenvalue weighted by atomic mass is 9.78. The van der Waals surface area contributed by atoms with Crippen molar-refractivity contribution in [1.82, 2.24) is 0 Å². The van der Waals surface area contributed by atoms with Gasteiger partial charge in [-0.05, 0) is 84.5 Å². The van der Waals surface area contributed by atoms with E-state index < -0.39 is 11.8 Å². The summed E-state index contributed by atoms with van der Waals surface area (Å²) >= 11 is 0. The number of anilines is 2. The van der Waals surface area contributed by atoms with Crippen LogP contribution in [0.1, 0.15) is 107 Å². The number of hydrogen-bond donors (Lipinski definition) is 2. The van der Waals surface area contributed by atoms with E-state index in [9.17, 15) is 9.59 Å². The zero-order valence-corrected chi connectivity index (χ0v) is 41.1. The maximum absolute atomic E-state index is 13.0. The standard InChI is InChI=1S/2C27H31NO6/c1-16-7-9-20-25(33-12-11-27(20,2)3)19(16)13-17-8-10-21(34-17)26(29)28-24-22(31-5)14-18(30-4)15-23(24)32-6;1-16-11-22-20(27(2,3)9-10-33-22)13-17(16)12-18-7-8-21(34-18)26(29)28-25-23(31-5)14-19(30-4)15-24(25)32-6/h7-10,14-15H,11-13H2,1-6H3,(H,28,29);7-8,11,13-15H,9-10,12H2,1-6H3,(H,28,29). The Balaban J connectivity index is 0.000000201. The second kappa shape index (κ2) is 20.3. The number of methoxy groups -OCH3 is 6. The Bertz CT molecular complexity index is 2740. The van der Waals surface area contributed by atoms with E-state index in [0.29, 0.717) is 76.8 Å². The number of ether oxygens (including phenoxy) is 8. The van der Waals surface area contributed by atoms with Gasteiger partial charge < -0.3 is 57.4 Å². The van der Waals surface area contributed by atoms with Crippen molar-refractivity contribution in [3.8, 4) is 46.0 Å². The molecule has 0 fully saturated rings. The first kappa shape index (κ1) is 48.7. The van der Waals surface area contributed by atoms with Gasteiger partial charge in [-0.2, -0.15) is 0 Å². The molecule has 0 spiro atoms. The first-order valence-corrected chi connectivity index (χ1v) is 22.5. The molecule has 8 rings (SSSR count). The highest BCUT2D eigenvalue weighted by Gasteiger charge is 2.32. The molecule has 2 N–H and O–H groups in total. The van der Waals surface area contributed by atoms with Crippen molar-refractivity contribution < 1.29 is 56.3 Å². The SMILES string of the molecule is COc1cc(OC)c(NC(=O)c2ccc(Cc3c(C)ccc4c3OCCC4(C)C)o2)c(OC)c1.COc1cc(OC)c(NC(=O)c2ccc(Cc3cc4c(cc3C)OCCC4(C)C)o2)c(OC)c1. The Hall–Kier alpha value is -7.22. The van der Waals surface area contributed by atoms with Crippen LogP contribution in [0.2, 0.25) is 0 Å². The van der Waals surface area contributed by atoms with Gasteiger partial charge >= 0.3 is 0 Å². The van der Waals surface area contributed by atoms with Crippen LogP contribution >= 0.6 is 0 Å². The fraction of sp³-hybridized carbons (Fsp3) is 0.370. The molecule has 14 nitrogen and oxygen atoms in total. The van der Waals surface area contributed by atoms with E-state index in [-0.39, 0.29) is 22.4 Å². The van der Waals surface area contributed by atoms with Crippen molar-refractivity contribution in [1.29, 1.82) is 0 Å². The van der Waals surface area contributed by atoms with Gasteiger partial charge in [0.05, 0.1) is 55.9 Å². The zero-order chi connectivity index (χ0) is 48.9. The molecular formula is C54H62N2O12. The van der Waals surface area contributed by atoms with Crippen LogP contribution < -0.4 is 48.5 Å². The second-order valence-corrected chi connectivity index (χ2v) is 18.1. The Kier molecular flexibility index (Phi) is 14.6. The average molecular weight is 931 g/mol. The third-order valence-electron chi connectivity index (χ3n) is 12.7. The van der Waals surface area contributed by atoms with Crippen LogP contribution in [-0.2, 0) is 23.7 Å². The Morgan fingerprint density at radius 3 is 1.50 bits per heavy atom. The number of amides is 2. The minimum atomic E-state index is -0.405. The normalized spacial score (nSPS) is 14.1. The summed E-state index contributed by atoms with van der Waals surface area (Å²) in [5.41, 5.74) is 7.84. The molecule has 2 amide bonds. The highest BCUT2D eigenvalue weighted by Crippen LogP contribution is 2.44. The second-order valence-electron chi connectivity index (χ2n) is 18.1. The zero-order valence-electron chi connectivity index (χ0n) is 41.1. The highest BCUT2D eigenvalue weighted by atomic mass is 16.5. The molecule has 4 aromatic carbocycles. The number of nitrogens with one attached hydrogen (secondary N) is 2. The molecule has 360 valence electrons. The number of furan rings is 2. The van der Waals surface area contributed by atoms with Crippen molar-refractivity contribution in [3.05, 3.63) is 129 Å². The molecule has 0 bridgehead atoms. The molecule has 0 saturated carbocycles. The lowest BCUT2D eigenvalue weighted by Crippen LogP contribution is -2.27. The summed E-state index contributed by atoms with van der Waals surface area (Å²) in [5, 5.41) is 5.67. The molecule has 0 unspecified atom stereocenters. The third kappa shape index (κ3) is 10.3. The molecule has 6 aromatic rings. The van der Waals surface area contributed by atoms with Crippen LogP contribution in [0, 0.1) is 13.8 Å². The summed E-state index contributed by atoms with van der Waals surface area (Å²) < 4.78 is 56.0. The van der Waals surface area contributed by atoms with Gasteiger partial charge in [-0.15, -0.1) is 0 Å². The first-order chi connectivity index (χ1) is 32.5. The Morgan fingerprint density at radius 2 is 1.01 bits per heavy atom. The van der Waals surface area contributed by atoms with Crippen molar-refractivity contribution in [2.24, 2.45) is 0 Å². The monoisotopic (exact) mass is 930 g/mol. The van der Waals surface area contributed by atoms with Gasteiger partial charge in [-0.1, -0.05) is 45.9 Å². The molecular weight excluding hydrogens is 869 g/mol. The summed E-state index contributed by atoms with van der Waals surface area (Å²) in [6.45, 7) is 14.5. The Labute approximate surface area is 398 Å². The van der Waals surface area contributed by atoms with Crippen LogP contribution in [0.25, 0.3) is 0 Å². The van der Waals surface area contributed by atoms with Crippen LogP contribution in [0.15, 0.2) is 81.6 Å². The van der Waals surface area contributed by atoms with Gasteiger partial charge in [0.25, 0.3) is 11.8 Å². The molecule has 14 heteroatoms. The summed E-state index contributed by atoms with van der Waals surface area (Å²) in [7, 11) is 9.16. The number of hydrogen-bond acceptors (Lipinski definition) is 12. The topological polar surface area (TPSA) is 158 Å². The summed E-state index contributed by atoms with van der Waals surface area (Å²) in [6.07, 6.45) is 3.07. The third-order valence-corrected chi connectivity index (χ3v) is 12.7. The smallest absolute Gasteiger partial charge is 0.291 e. The molecule has 2 aliphatic heterocycles. The van der Waals surface area contributed by atoms with Gasteiger partial charge in [0, 0.05) is 53.8 Å². The van der Waals surface area contributed by atoms with Crippen molar-refractivity contribution in [2.75, 3.05) is 66.5 Å². The van der Waals surface area contributed by atoms with Crippen molar-refractivity contribution in [3.63, 3.8) is 0 Å². The predicted octanol–water partition coefficient (Wildman–Crippen LogP) is 11.0. The number of benzene rings is 4. The van der Waals surface area contributed by atoms with E-state index in [0.717, 1.165) is 53.2 Å². The van der Waals surface area contributed by atoms with Crippen molar-refractivity contribution >= 4 is 23.2 Å². The summed E-state index contributed by atoms with van der Waals surface area (Å²) in [4.78, 5) is 25.9. The number of fused-ring (bicyclic) bond motifs is 2. The predicted molar refractivity (Wildman–Crippen MR) is 260 cm³/mol. The number of carbonyl (C=O) groups excluding carboxylic acids is 2. The Morgan fingerprint density at radius 1 is 0.544 bits per heavy atom. The average Bonchev–Trinajstić information content (AvgIpc) is 4.01. The minimum absolute atomic E-state index is 0.0563. The van der Waals surface area contributed by atoms with Gasteiger partial charge in [-0.3, -0.25) is 9.59 Å². The minimum Gasteiger partial charge on any atom is -0.496 e. The molecule has 0 radical (unpaired) electrons. The van der Waals surface area contributed by atoms with E-state index in [1.54, 1.807) is 50.6 Å². The molecule has 2 aromatic heterocycles.